The Labute approximate surface area is 228 Å². The van der Waals surface area contributed by atoms with Gasteiger partial charge in [0.1, 0.15) is 18.4 Å². The number of rotatable bonds is 9. The van der Waals surface area contributed by atoms with Gasteiger partial charge in [0.05, 0.1) is 27.0 Å². The number of carbonyl (C=O) groups is 2. The van der Waals surface area contributed by atoms with E-state index in [1.165, 1.54) is 12.0 Å². The molecule has 1 aliphatic carbocycles. The van der Waals surface area contributed by atoms with Crippen LogP contribution in [0, 0.1) is 0 Å². The lowest BCUT2D eigenvalue weighted by atomic mass is 9.94. The Hall–Kier alpha value is -4.14. The number of benzene rings is 2. The molecule has 1 aliphatic heterocycles. The summed E-state index contributed by atoms with van der Waals surface area (Å²) < 4.78 is 28.5. The van der Waals surface area contributed by atoms with Crippen LogP contribution in [0.2, 0.25) is 0 Å². The second-order valence-corrected chi connectivity index (χ2v) is 9.77. The molecular weight excluding hydrogens is 500 g/mol. The predicted molar refractivity (Wildman–Crippen MR) is 143 cm³/mol. The molecule has 1 aromatic heterocycles. The van der Waals surface area contributed by atoms with Crippen LogP contribution < -0.4 is 24.3 Å². The van der Waals surface area contributed by atoms with Crippen molar-refractivity contribution in [2.75, 3.05) is 20.8 Å². The third-order valence-corrected chi connectivity index (χ3v) is 7.21. The fourth-order valence-electron chi connectivity index (χ4n) is 5.22. The average molecular weight is 535 g/mol. The summed E-state index contributed by atoms with van der Waals surface area (Å²) in [5.74, 6) is 1.92. The summed E-state index contributed by atoms with van der Waals surface area (Å²) >= 11 is 0. The van der Waals surface area contributed by atoms with Gasteiger partial charge in [-0.25, -0.2) is 0 Å². The first-order chi connectivity index (χ1) is 19.1. The molecule has 9 nitrogen and oxygen atoms in total. The molecule has 2 amide bonds. The number of nitrogens with zero attached hydrogens (tertiary/aromatic N) is 1. The number of hydrogen-bond acceptors (Lipinski definition) is 7. The van der Waals surface area contributed by atoms with Crippen LogP contribution in [0.5, 0.6) is 23.0 Å². The van der Waals surface area contributed by atoms with Crippen LogP contribution in [-0.2, 0) is 16.1 Å². The standard InChI is InChI=1S/C30H34N2O7/c1-35-23-15-14-20(17-26(23)36-2)28(29(33)31-21-9-4-3-5-10-21)32(18-22-11-8-16-37-22)30(34)27-19-38-24-12-6-7-13-25(24)39-27/h6-8,11-17,21,27-28H,3-5,9-10,18-19H2,1-2H3,(H,31,33)/t27-,28+/m1/s1. The first kappa shape index (κ1) is 26.5. The average Bonchev–Trinajstić information content (AvgIpc) is 3.50. The summed E-state index contributed by atoms with van der Waals surface area (Å²) in [6.07, 6.45) is 5.71. The van der Waals surface area contributed by atoms with Crippen molar-refractivity contribution in [2.45, 2.75) is 56.8 Å². The number of carbonyl (C=O) groups excluding carboxylic acids is 2. The molecule has 2 atom stereocenters. The molecule has 0 radical (unpaired) electrons. The molecule has 2 aromatic carbocycles. The van der Waals surface area contributed by atoms with E-state index < -0.39 is 12.1 Å². The summed E-state index contributed by atoms with van der Waals surface area (Å²) in [6, 6.07) is 15.1. The fourth-order valence-corrected chi connectivity index (χ4v) is 5.22. The molecule has 0 saturated heterocycles. The van der Waals surface area contributed by atoms with Crippen molar-refractivity contribution in [1.29, 1.82) is 0 Å². The van der Waals surface area contributed by atoms with Crippen molar-refractivity contribution >= 4 is 11.8 Å². The first-order valence-corrected chi connectivity index (χ1v) is 13.3. The molecule has 1 saturated carbocycles. The van der Waals surface area contributed by atoms with Gasteiger partial charge in [0.15, 0.2) is 23.0 Å². The number of methoxy groups -OCH3 is 2. The molecule has 0 spiro atoms. The molecule has 1 N–H and O–H groups in total. The zero-order valence-electron chi connectivity index (χ0n) is 22.3. The van der Waals surface area contributed by atoms with Crippen molar-refractivity contribution < 1.29 is 33.0 Å². The summed E-state index contributed by atoms with van der Waals surface area (Å²) in [7, 11) is 3.09. The third-order valence-electron chi connectivity index (χ3n) is 7.21. The third kappa shape index (κ3) is 5.97. The van der Waals surface area contributed by atoms with Gasteiger partial charge in [0, 0.05) is 6.04 Å². The van der Waals surface area contributed by atoms with Crippen LogP contribution in [-0.4, -0.2) is 49.7 Å². The second kappa shape index (κ2) is 12.1. The maximum Gasteiger partial charge on any atom is 0.268 e. The molecule has 39 heavy (non-hydrogen) atoms. The zero-order valence-corrected chi connectivity index (χ0v) is 22.3. The lowest BCUT2D eigenvalue weighted by molar-refractivity contribution is -0.149. The highest BCUT2D eigenvalue weighted by Crippen LogP contribution is 2.36. The summed E-state index contributed by atoms with van der Waals surface area (Å²) in [5.41, 5.74) is 0.581. The summed E-state index contributed by atoms with van der Waals surface area (Å²) in [4.78, 5) is 29.7. The van der Waals surface area contributed by atoms with Crippen LogP contribution in [0.1, 0.15) is 49.5 Å². The molecule has 0 bridgehead atoms. The Kier molecular flexibility index (Phi) is 8.24. The Balaban J connectivity index is 1.52. The summed E-state index contributed by atoms with van der Waals surface area (Å²) in [5, 5.41) is 3.21. The van der Waals surface area contributed by atoms with Gasteiger partial charge in [-0.05, 0) is 54.8 Å². The van der Waals surface area contributed by atoms with Gasteiger partial charge in [-0.15, -0.1) is 0 Å². The van der Waals surface area contributed by atoms with Gasteiger partial charge in [-0.2, -0.15) is 0 Å². The van der Waals surface area contributed by atoms with Gasteiger partial charge in [0.25, 0.3) is 5.91 Å². The van der Waals surface area contributed by atoms with Crippen molar-refractivity contribution in [2.24, 2.45) is 0 Å². The van der Waals surface area contributed by atoms with E-state index in [1.54, 1.807) is 55.8 Å². The van der Waals surface area contributed by atoms with Crippen LogP contribution in [0.15, 0.2) is 65.3 Å². The van der Waals surface area contributed by atoms with Gasteiger partial charge in [-0.1, -0.05) is 37.5 Å². The Bertz CT molecular complexity index is 1270. The number of nitrogens with one attached hydrogen (secondary N) is 1. The van der Waals surface area contributed by atoms with E-state index in [2.05, 4.69) is 5.32 Å². The summed E-state index contributed by atoms with van der Waals surface area (Å²) in [6.45, 7) is 0.0812. The molecule has 3 aromatic rings. The highest BCUT2D eigenvalue weighted by Gasteiger charge is 2.39. The normalized spacial score (nSPS) is 17.6. The molecule has 206 valence electrons. The van der Waals surface area contributed by atoms with E-state index in [9.17, 15) is 9.59 Å². The lowest BCUT2D eigenvalue weighted by Gasteiger charge is -2.36. The van der Waals surface area contributed by atoms with Gasteiger partial charge in [0.2, 0.25) is 12.0 Å². The lowest BCUT2D eigenvalue weighted by Crippen LogP contribution is -2.52. The topological polar surface area (TPSA) is 99.5 Å². The van der Waals surface area contributed by atoms with E-state index in [0.29, 0.717) is 34.3 Å². The van der Waals surface area contributed by atoms with Gasteiger partial charge < -0.3 is 33.6 Å². The quantitative estimate of drug-likeness (QED) is 0.426. The number of amides is 2. The second-order valence-electron chi connectivity index (χ2n) is 9.77. The molecule has 1 fully saturated rings. The van der Waals surface area contributed by atoms with E-state index in [0.717, 1.165) is 32.1 Å². The highest BCUT2D eigenvalue weighted by molar-refractivity contribution is 5.91. The molecule has 2 heterocycles. The van der Waals surface area contributed by atoms with Crippen molar-refractivity contribution in [3.8, 4) is 23.0 Å². The minimum atomic E-state index is -0.981. The minimum absolute atomic E-state index is 0.0212. The van der Waals surface area contributed by atoms with Crippen molar-refractivity contribution in [3.05, 3.63) is 72.2 Å². The maximum atomic E-state index is 14.2. The SMILES string of the molecule is COc1ccc([C@@H](C(=O)NC2CCCCC2)N(Cc2ccco2)C(=O)[C@H]2COc3ccccc3O2)cc1OC. The number of hydrogen-bond donors (Lipinski definition) is 1. The van der Waals surface area contributed by atoms with Crippen LogP contribution in [0.25, 0.3) is 0 Å². The van der Waals surface area contributed by atoms with E-state index in [1.807, 2.05) is 12.1 Å². The predicted octanol–water partition coefficient (Wildman–Crippen LogP) is 4.66. The minimum Gasteiger partial charge on any atom is -0.493 e. The first-order valence-electron chi connectivity index (χ1n) is 13.3. The van der Waals surface area contributed by atoms with Crippen LogP contribution in [0.3, 0.4) is 0 Å². The highest BCUT2D eigenvalue weighted by atomic mass is 16.6. The number of ether oxygens (including phenoxy) is 4. The Morgan fingerprint density at radius 2 is 1.74 bits per heavy atom. The van der Waals surface area contributed by atoms with E-state index in [4.69, 9.17) is 23.4 Å². The number of para-hydroxylation sites is 2. The van der Waals surface area contributed by atoms with Gasteiger partial charge in [-0.3, -0.25) is 9.59 Å². The fraction of sp³-hybridized carbons (Fsp3) is 0.400. The van der Waals surface area contributed by atoms with Crippen LogP contribution >= 0.6 is 0 Å². The molecule has 2 aliphatic rings. The van der Waals surface area contributed by atoms with E-state index >= 15 is 0 Å². The van der Waals surface area contributed by atoms with Crippen molar-refractivity contribution in [1.82, 2.24) is 10.2 Å². The molecule has 0 unspecified atom stereocenters. The monoisotopic (exact) mass is 534 g/mol. The molecular formula is C30H34N2O7. The Morgan fingerprint density at radius 3 is 2.46 bits per heavy atom. The zero-order chi connectivity index (χ0) is 27.2. The number of furan rings is 1. The van der Waals surface area contributed by atoms with Crippen molar-refractivity contribution in [3.63, 3.8) is 0 Å². The smallest absolute Gasteiger partial charge is 0.268 e. The Morgan fingerprint density at radius 1 is 0.974 bits per heavy atom. The molecule has 5 rings (SSSR count). The van der Waals surface area contributed by atoms with Gasteiger partial charge >= 0.3 is 0 Å². The maximum absolute atomic E-state index is 14.2. The largest absolute Gasteiger partial charge is 0.493 e. The van der Waals surface area contributed by atoms with Crippen LogP contribution in [0.4, 0.5) is 0 Å². The molecule has 9 heteroatoms. The van der Waals surface area contributed by atoms with E-state index in [-0.39, 0.29) is 31.0 Å². The number of fused-ring (bicyclic) bond motifs is 1.